The van der Waals surface area contributed by atoms with Crippen molar-refractivity contribution >= 4 is 17.5 Å². The van der Waals surface area contributed by atoms with Crippen molar-refractivity contribution in [3.8, 4) is 5.75 Å². The fraction of sp³-hybridized carbons (Fsp3) is 0.235. The molecule has 0 atom stereocenters. The van der Waals surface area contributed by atoms with E-state index in [1.54, 1.807) is 18.2 Å². The van der Waals surface area contributed by atoms with Gasteiger partial charge in [-0.25, -0.2) is 0 Å². The van der Waals surface area contributed by atoms with Gasteiger partial charge in [0.15, 0.2) is 0 Å². The van der Waals surface area contributed by atoms with Crippen LogP contribution in [0.4, 0.5) is 13.2 Å². The Labute approximate surface area is 142 Å². The highest BCUT2D eigenvalue weighted by molar-refractivity contribution is 6.31. The molecule has 0 saturated heterocycles. The standard InChI is InChI=1S/C17H15ClF3NO2/c1-11-10-14(6-7-15(11)18)24-9-8-22-16(23)12-2-4-13(5-3-12)17(19,20)21/h2-7,10H,8-9H2,1H3,(H,22,23). The molecule has 0 bridgehead atoms. The Hall–Kier alpha value is -2.21. The molecule has 0 radical (unpaired) electrons. The van der Waals surface area contributed by atoms with Crippen molar-refractivity contribution in [3.63, 3.8) is 0 Å². The van der Waals surface area contributed by atoms with Gasteiger partial charge in [0.2, 0.25) is 0 Å². The highest BCUT2D eigenvalue weighted by Gasteiger charge is 2.30. The summed E-state index contributed by atoms with van der Waals surface area (Å²) in [6.07, 6.45) is -4.42. The van der Waals surface area contributed by atoms with Crippen molar-refractivity contribution in [2.75, 3.05) is 13.2 Å². The summed E-state index contributed by atoms with van der Waals surface area (Å²) in [5.74, 6) is 0.167. The van der Waals surface area contributed by atoms with Crippen LogP contribution in [0.3, 0.4) is 0 Å². The molecule has 24 heavy (non-hydrogen) atoms. The van der Waals surface area contributed by atoms with Crippen LogP contribution in [0, 0.1) is 6.92 Å². The molecule has 0 aliphatic carbocycles. The maximum absolute atomic E-state index is 12.5. The number of halogens is 4. The summed E-state index contributed by atoms with van der Waals surface area (Å²) in [6, 6.07) is 9.24. The molecule has 0 aromatic heterocycles. The number of alkyl halides is 3. The van der Waals surface area contributed by atoms with E-state index in [1.807, 2.05) is 6.92 Å². The minimum atomic E-state index is -4.42. The van der Waals surface area contributed by atoms with Crippen LogP contribution < -0.4 is 10.1 Å². The predicted molar refractivity (Wildman–Crippen MR) is 85.5 cm³/mol. The van der Waals surface area contributed by atoms with E-state index in [-0.39, 0.29) is 18.7 Å². The fourth-order valence-corrected chi connectivity index (χ4v) is 2.07. The van der Waals surface area contributed by atoms with Crippen molar-refractivity contribution < 1.29 is 22.7 Å². The van der Waals surface area contributed by atoms with Crippen LogP contribution in [0.5, 0.6) is 5.75 Å². The zero-order valence-electron chi connectivity index (χ0n) is 12.8. The number of aryl methyl sites for hydroxylation is 1. The van der Waals surface area contributed by atoms with Gasteiger partial charge in [-0.1, -0.05) is 11.6 Å². The highest BCUT2D eigenvalue weighted by Crippen LogP contribution is 2.29. The molecule has 128 valence electrons. The molecule has 1 N–H and O–H groups in total. The predicted octanol–water partition coefficient (Wildman–Crippen LogP) is 4.48. The van der Waals surface area contributed by atoms with Gasteiger partial charge in [0.25, 0.3) is 5.91 Å². The minimum absolute atomic E-state index is 0.158. The second kappa shape index (κ2) is 7.57. The van der Waals surface area contributed by atoms with Gasteiger partial charge in [0.1, 0.15) is 12.4 Å². The Morgan fingerprint density at radius 2 is 1.83 bits per heavy atom. The van der Waals surface area contributed by atoms with Gasteiger partial charge in [0.05, 0.1) is 12.1 Å². The van der Waals surface area contributed by atoms with Crippen LogP contribution in [0.1, 0.15) is 21.5 Å². The summed E-state index contributed by atoms with van der Waals surface area (Å²) in [5.41, 5.74) is 0.244. The number of carbonyl (C=O) groups excluding carboxylic acids is 1. The lowest BCUT2D eigenvalue weighted by Gasteiger charge is -2.10. The number of benzene rings is 2. The van der Waals surface area contributed by atoms with Crippen LogP contribution in [-0.4, -0.2) is 19.1 Å². The molecule has 0 unspecified atom stereocenters. The first-order chi connectivity index (χ1) is 11.3. The molecule has 2 aromatic rings. The summed E-state index contributed by atoms with van der Waals surface area (Å²) in [6.45, 7) is 2.30. The normalized spacial score (nSPS) is 11.2. The average Bonchev–Trinajstić information content (AvgIpc) is 2.54. The van der Waals surface area contributed by atoms with Crippen molar-refractivity contribution in [2.45, 2.75) is 13.1 Å². The van der Waals surface area contributed by atoms with Gasteiger partial charge >= 0.3 is 6.18 Å². The maximum atomic E-state index is 12.5. The molecule has 0 aliphatic rings. The van der Waals surface area contributed by atoms with Gasteiger partial charge in [-0.3, -0.25) is 4.79 Å². The zero-order chi connectivity index (χ0) is 17.7. The number of nitrogens with one attached hydrogen (secondary N) is 1. The fourth-order valence-electron chi connectivity index (χ4n) is 1.95. The van der Waals surface area contributed by atoms with Crippen molar-refractivity contribution in [1.82, 2.24) is 5.32 Å². The number of hydrogen-bond acceptors (Lipinski definition) is 2. The van der Waals surface area contributed by atoms with E-state index >= 15 is 0 Å². The van der Waals surface area contributed by atoms with E-state index in [2.05, 4.69) is 5.32 Å². The van der Waals surface area contributed by atoms with Crippen LogP contribution >= 0.6 is 11.6 Å². The van der Waals surface area contributed by atoms with E-state index < -0.39 is 17.6 Å². The third-order valence-corrected chi connectivity index (χ3v) is 3.68. The summed E-state index contributed by atoms with van der Waals surface area (Å²) in [4.78, 5) is 11.9. The van der Waals surface area contributed by atoms with E-state index in [0.717, 1.165) is 29.8 Å². The van der Waals surface area contributed by atoms with E-state index in [4.69, 9.17) is 16.3 Å². The second-order valence-electron chi connectivity index (χ2n) is 5.09. The van der Waals surface area contributed by atoms with Crippen LogP contribution in [0.15, 0.2) is 42.5 Å². The van der Waals surface area contributed by atoms with Crippen LogP contribution in [-0.2, 0) is 6.18 Å². The second-order valence-corrected chi connectivity index (χ2v) is 5.50. The summed E-state index contributed by atoms with van der Waals surface area (Å²) < 4.78 is 42.8. The van der Waals surface area contributed by atoms with Gasteiger partial charge in [-0.15, -0.1) is 0 Å². The minimum Gasteiger partial charge on any atom is -0.492 e. The average molecular weight is 358 g/mol. The molecular formula is C17H15ClF3NO2. The van der Waals surface area contributed by atoms with Gasteiger partial charge in [-0.2, -0.15) is 13.2 Å². The van der Waals surface area contributed by atoms with Crippen LogP contribution in [0.2, 0.25) is 5.02 Å². The van der Waals surface area contributed by atoms with E-state index in [1.165, 1.54) is 0 Å². The Morgan fingerprint density at radius 3 is 2.42 bits per heavy atom. The number of ether oxygens (including phenoxy) is 1. The first kappa shape index (κ1) is 18.1. The van der Waals surface area contributed by atoms with Crippen molar-refractivity contribution in [1.29, 1.82) is 0 Å². The molecule has 2 aromatic carbocycles. The first-order valence-corrected chi connectivity index (χ1v) is 7.49. The van der Waals surface area contributed by atoms with Gasteiger partial charge in [0, 0.05) is 10.6 Å². The maximum Gasteiger partial charge on any atom is 0.416 e. The molecule has 2 rings (SSSR count). The lowest BCUT2D eigenvalue weighted by Crippen LogP contribution is -2.28. The van der Waals surface area contributed by atoms with E-state index in [0.29, 0.717) is 10.8 Å². The molecule has 0 heterocycles. The third-order valence-electron chi connectivity index (χ3n) is 3.26. The summed E-state index contributed by atoms with van der Waals surface area (Å²) >= 11 is 5.91. The smallest absolute Gasteiger partial charge is 0.416 e. The topological polar surface area (TPSA) is 38.3 Å². The molecule has 0 aliphatic heterocycles. The summed E-state index contributed by atoms with van der Waals surface area (Å²) in [7, 11) is 0. The lowest BCUT2D eigenvalue weighted by molar-refractivity contribution is -0.137. The Kier molecular flexibility index (Phi) is 5.72. The number of hydrogen-bond donors (Lipinski definition) is 1. The SMILES string of the molecule is Cc1cc(OCCNC(=O)c2ccc(C(F)(F)F)cc2)ccc1Cl. The molecular weight excluding hydrogens is 343 g/mol. The molecule has 3 nitrogen and oxygen atoms in total. The largest absolute Gasteiger partial charge is 0.492 e. The number of carbonyl (C=O) groups is 1. The molecule has 0 saturated carbocycles. The number of rotatable bonds is 5. The molecule has 0 fully saturated rings. The molecule has 7 heteroatoms. The number of amides is 1. The third kappa shape index (κ3) is 4.89. The van der Waals surface area contributed by atoms with Crippen molar-refractivity contribution in [2.24, 2.45) is 0 Å². The van der Waals surface area contributed by atoms with E-state index in [9.17, 15) is 18.0 Å². The summed E-state index contributed by atoms with van der Waals surface area (Å²) in [5, 5.41) is 3.22. The zero-order valence-corrected chi connectivity index (χ0v) is 13.5. The van der Waals surface area contributed by atoms with Crippen molar-refractivity contribution in [3.05, 3.63) is 64.2 Å². The Bertz CT molecular complexity index is 715. The lowest BCUT2D eigenvalue weighted by atomic mass is 10.1. The van der Waals surface area contributed by atoms with Gasteiger partial charge in [-0.05, 0) is 55.0 Å². The highest BCUT2D eigenvalue weighted by atomic mass is 35.5. The Balaban J connectivity index is 1.81. The molecule has 0 spiro atoms. The Morgan fingerprint density at radius 1 is 1.17 bits per heavy atom. The first-order valence-electron chi connectivity index (χ1n) is 7.12. The monoisotopic (exact) mass is 357 g/mol. The van der Waals surface area contributed by atoms with Gasteiger partial charge < -0.3 is 10.1 Å². The quantitative estimate of drug-likeness (QED) is 0.801. The van der Waals surface area contributed by atoms with Crippen LogP contribution in [0.25, 0.3) is 0 Å². The molecule has 1 amide bonds.